The van der Waals surface area contributed by atoms with Crippen LogP contribution >= 0.6 is 0 Å². The first-order valence-corrected chi connectivity index (χ1v) is 9.79. The maximum atomic E-state index is 12.5. The minimum atomic E-state index is -4.37. The summed E-state index contributed by atoms with van der Waals surface area (Å²) in [5.41, 5.74) is 1.48. The molecule has 0 aliphatic carbocycles. The molecular weight excluding hydrogens is 385 g/mol. The molecule has 1 saturated heterocycles. The van der Waals surface area contributed by atoms with Crippen LogP contribution in [0.3, 0.4) is 0 Å². The Bertz CT molecular complexity index is 668. The van der Waals surface area contributed by atoms with Crippen molar-refractivity contribution in [1.29, 1.82) is 0 Å². The molecule has 1 fully saturated rings. The molecule has 164 valence electrons. The molecule has 1 aliphatic heterocycles. The zero-order valence-corrected chi connectivity index (χ0v) is 17.3. The standard InChI is InChI=1S/C20H31F3N4O2/c1-15-6-7-16(18(11-15)29-14-20(21,22)23)12-25-19(24-2)26-13-17-5-4-8-27(17)9-10-28-3/h6-7,11,17H,4-5,8-10,12-14H2,1-3H3,(H2,24,25,26). The van der Waals surface area contributed by atoms with Crippen molar-refractivity contribution >= 4 is 5.96 Å². The van der Waals surface area contributed by atoms with E-state index in [0.717, 1.165) is 38.0 Å². The van der Waals surface area contributed by atoms with Crippen LogP contribution in [0.2, 0.25) is 0 Å². The lowest BCUT2D eigenvalue weighted by Gasteiger charge is -2.25. The third-order valence-electron chi connectivity index (χ3n) is 4.87. The van der Waals surface area contributed by atoms with Crippen molar-refractivity contribution in [2.75, 3.05) is 47.0 Å². The van der Waals surface area contributed by atoms with Crippen molar-refractivity contribution in [3.63, 3.8) is 0 Å². The van der Waals surface area contributed by atoms with Crippen LogP contribution in [0.4, 0.5) is 13.2 Å². The average molecular weight is 416 g/mol. The highest BCUT2D eigenvalue weighted by molar-refractivity contribution is 5.79. The van der Waals surface area contributed by atoms with Gasteiger partial charge >= 0.3 is 6.18 Å². The van der Waals surface area contributed by atoms with Crippen LogP contribution in [-0.2, 0) is 11.3 Å². The molecule has 29 heavy (non-hydrogen) atoms. The fraction of sp³-hybridized carbons (Fsp3) is 0.650. The Morgan fingerprint density at radius 1 is 1.31 bits per heavy atom. The number of rotatable bonds is 9. The molecule has 0 saturated carbocycles. The number of alkyl halides is 3. The van der Waals surface area contributed by atoms with Crippen molar-refractivity contribution in [3.05, 3.63) is 29.3 Å². The molecule has 1 aliphatic rings. The number of halogens is 3. The first kappa shape index (κ1) is 23.3. The van der Waals surface area contributed by atoms with Crippen LogP contribution < -0.4 is 15.4 Å². The fourth-order valence-corrected chi connectivity index (χ4v) is 3.35. The summed E-state index contributed by atoms with van der Waals surface area (Å²) in [4.78, 5) is 6.61. The summed E-state index contributed by atoms with van der Waals surface area (Å²) in [6.07, 6.45) is -2.10. The van der Waals surface area contributed by atoms with E-state index in [0.29, 0.717) is 30.7 Å². The number of aliphatic imine (C=N–C) groups is 1. The summed E-state index contributed by atoms with van der Waals surface area (Å²) in [5.74, 6) is 0.831. The maximum absolute atomic E-state index is 12.5. The van der Waals surface area contributed by atoms with E-state index in [4.69, 9.17) is 9.47 Å². The lowest BCUT2D eigenvalue weighted by atomic mass is 10.1. The Balaban J connectivity index is 1.89. The van der Waals surface area contributed by atoms with Crippen LogP contribution in [0.5, 0.6) is 5.75 Å². The zero-order valence-electron chi connectivity index (χ0n) is 17.3. The highest BCUT2D eigenvalue weighted by Gasteiger charge is 2.29. The Morgan fingerprint density at radius 2 is 2.10 bits per heavy atom. The molecule has 1 unspecified atom stereocenters. The summed E-state index contributed by atoms with van der Waals surface area (Å²) in [6, 6.07) is 5.64. The quantitative estimate of drug-likeness (QED) is 0.479. The van der Waals surface area contributed by atoms with Crippen molar-refractivity contribution in [2.45, 2.75) is 38.5 Å². The molecule has 2 N–H and O–H groups in total. The van der Waals surface area contributed by atoms with Gasteiger partial charge in [-0.1, -0.05) is 12.1 Å². The number of nitrogens with zero attached hydrogens (tertiary/aromatic N) is 2. The lowest BCUT2D eigenvalue weighted by Crippen LogP contribution is -2.45. The predicted molar refractivity (Wildman–Crippen MR) is 107 cm³/mol. The van der Waals surface area contributed by atoms with E-state index in [2.05, 4.69) is 20.5 Å². The fourth-order valence-electron chi connectivity index (χ4n) is 3.35. The minimum absolute atomic E-state index is 0.229. The molecule has 0 aromatic heterocycles. The van der Waals surface area contributed by atoms with Gasteiger partial charge in [-0.05, 0) is 37.9 Å². The van der Waals surface area contributed by atoms with Crippen molar-refractivity contribution in [3.8, 4) is 5.75 Å². The average Bonchev–Trinajstić information content (AvgIpc) is 3.12. The van der Waals surface area contributed by atoms with Gasteiger partial charge < -0.3 is 20.1 Å². The highest BCUT2D eigenvalue weighted by Crippen LogP contribution is 2.23. The van der Waals surface area contributed by atoms with Crippen LogP contribution in [0.25, 0.3) is 0 Å². The largest absolute Gasteiger partial charge is 0.484 e. The number of methoxy groups -OCH3 is 1. The van der Waals surface area contributed by atoms with Crippen LogP contribution in [-0.4, -0.2) is 70.1 Å². The van der Waals surface area contributed by atoms with Gasteiger partial charge in [0.2, 0.25) is 0 Å². The van der Waals surface area contributed by atoms with Gasteiger partial charge in [-0.3, -0.25) is 9.89 Å². The number of benzene rings is 1. The smallest absolute Gasteiger partial charge is 0.422 e. The number of guanidine groups is 1. The van der Waals surface area contributed by atoms with Gasteiger partial charge in [0.25, 0.3) is 0 Å². The second kappa shape index (κ2) is 11.3. The number of nitrogens with one attached hydrogen (secondary N) is 2. The van der Waals surface area contributed by atoms with Crippen LogP contribution in [0.1, 0.15) is 24.0 Å². The number of likely N-dealkylation sites (tertiary alicyclic amines) is 1. The van der Waals surface area contributed by atoms with Crippen molar-refractivity contribution in [2.24, 2.45) is 4.99 Å². The second-order valence-electron chi connectivity index (χ2n) is 7.15. The molecular formula is C20H31F3N4O2. The summed E-state index contributed by atoms with van der Waals surface area (Å²) >= 11 is 0. The molecule has 9 heteroatoms. The maximum Gasteiger partial charge on any atom is 0.422 e. The molecule has 0 radical (unpaired) electrons. The number of hydrogen-bond donors (Lipinski definition) is 2. The SMILES string of the molecule is CN=C(NCc1ccc(C)cc1OCC(F)(F)F)NCC1CCCN1CCOC. The summed E-state index contributed by atoms with van der Waals surface area (Å²) in [7, 11) is 3.37. The normalized spacial score (nSPS) is 18.1. The molecule has 1 atom stereocenters. The van der Waals surface area contributed by atoms with E-state index in [9.17, 15) is 13.2 Å². The van der Waals surface area contributed by atoms with Gasteiger partial charge in [0.05, 0.1) is 6.61 Å². The van der Waals surface area contributed by atoms with E-state index in [1.54, 1.807) is 26.3 Å². The highest BCUT2D eigenvalue weighted by atomic mass is 19.4. The molecule has 1 heterocycles. The number of aryl methyl sites for hydroxylation is 1. The molecule has 0 bridgehead atoms. The Hall–Kier alpha value is -2.00. The van der Waals surface area contributed by atoms with E-state index in [1.165, 1.54) is 0 Å². The first-order chi connectivity index (χ1) is 13.8. The molecule has 2 rings (SSSR count). The molecule has 6 nitrogen and oxygen atoms in total. The van der Waals surface area contributed by atoms with Crippen LogP contribution in [0, 0.1) is 6.92 Å². The lowest BCUT2D eigenvalue weighted by molar-refractivity contribution is -0.153. The van der Waals surface area contributed by atoms with Crippen molar-refractivity contribution in [1.82, 2.24) is 15.5 Å². The summed E-state index contributed by atoms with van der Waals surface area (Å²) in [5, 5.41) is 6.47. The Kier molecular flexibility index (Phi) is 9.03. The van der Waals surface area contributed by atoms with E-state index >= 15 is 0 Å². The Labute approximate surface area is 170 Å². The van der Waals surface area contributed by atoms with E-state index in [-0.39, 0.29) is 5.75 Å². The third-order valence-corrected chi connectivity index (χ3v) is 4.87. The van der Waals surface area contributed by atoms with Gasteiger partial charge in [-0.25, -0.2) is 0 Å². The number of hydrogen-bond acceptors (Lipinski definition) is 4. The van der Waals surface area contributed by atoms with Gasteiger partial charge in [0, 0.05) is 45.4 Å². The van der Waals surface area contributed by atoms with E-state index in [1.807, 2.05) is 13.0 Å². The molecule has 1 aromatic carbocycles. The molecule has 0 amide bonds. The van der Waals surface area contributed by atoms with Crippen molar-refractivity contribution < 1.29 is 22.6 Å². The third kappa shape index (κ3) is 8.10. The minimum Gasteiger partial charge on any atom is -0.484 e. The topological polar surface area (TPSA) is 58.1 Å². The number of ether oxygens (including phenoxy) is 2. The van der Waals surface area contributed by atoms with Gasteiger partial charge in [0.1, 0.15) is 5.75 Å². The van der Waals surface area contributed by atoms with Gasteiger partial charge in [-0.15, -0.1) is 0 Å². The monoisotopic (exact) mass is 416 g/mol. The van der Waals surface area contributed by atoms with Gasteiger partial charge in [0.15, 0.2) is 12.6 Å². The van der Waals surface area contributed by atoms with Crippen LogP contribution in [0.15, 0.2) is 23.2 Å². The second-order valence-corrected chi connectivity index (χ2v) is 7.15. The van der Waals surface area contributed by atoms with E-state index < -0.39 is 12.8 Å². The molecule has 1 aromatic rings. The summed E-state index contributed by atoms with van der Waals surface area (Å²) in [6.45, 7) is 4.23. The first-order valence-electron chi connectivity index (χ1n) is 9.79. The summed E-state index contributed by atoms with van der Waals surface area (Å²) < 4.78 is 47.7. The Morgan fingerprint density at radius 3 is 2.79 bits per heavy atom. The molecule has 0 spiro atoms. The zero-order chi connectivity index (χ0) is 21.3. The predicted octanol–water partition coefficient (Wildman–Crippen LogP) is 2.71. The van der Waals surface area contributed by atoms with Gasteiger partial charge in [-0.2, -0.15) is 13.2 Å².